The van der Waals surface area contributed by atoms with E-state index in [0.29, 0.717) is 12.6 Å². The SMILES string of the molecule is NCCn1cc2c(n1)C(C1(c3ccc(Cl)cc3)CCC1)NCC2. The van der Waals surface area contributed by atoms with Crippen molar-refractivity contribution in [2.45, 2.75) is 43.7 Å². The highest BCUT2D eigenvalue weighted by Gasteiger charge is 2.48. The molecular formula is C18H23ClN4. The number of benzene rings is 1. The third-order valence-corrected chi connectivity index (χ3v) is 5.71. The minimum Gasteiger partial charge on any atom is -0.329 e. The van der Waals surface area contributed by atoms with Gasteiger partial charge in [0.25, 0.3) is 0 Å². The molecule has 1 saturated carbocycles. The Bertz CT molecular complexity index is 688. The topological polar surface area (TPSA) is 55.9 Å². The van der Waals surface area contributed by atoms with Crippen molar-refractivity contribution in [3.8, 4) is 0 Å². The van der Waals surface area contributed by atoms with Gasteiger partial charge in [-0.05, 0) is 49.1 Å². The minimum absolute atomic E-state index is 0.154. The van der Waals surface area contributed by atoms with Crippen LogP contribution < -0.4 is 11.1 Å². The van der Waals surface area contributed by atoms with Crippen molar-refractivity contribution in [1.29, 1.82) is 0 Å². The highest BCUT2D eigenvalue weighted by atomic mass is 35.5. The Kier molecular flexibility index (Phi) is 3.92. The molecule has 0 spiro atoms. The number of hydrogen-bond donors (Lipinski definition) is 2. The lowest BCUT2D eigenvalue weighted by Gasteiger charge is -2.49. The van der Waals surface area contributed by atoms with Crippen LogP contribution in [0.2, 0.25) is 5.02 Å². The van der Waals surface area contributed by atoms with E-state index < -0.39 is 0 Å². The third-order valence-electron chi connectivity index (χ3n) is 5.46. The van der Waals surface area contributed by atoms with Crippen LogP contribution in [0.25, 0.3) is 0 Å². The molecule has 4 rings (SSSR count). The molecule has 1 aromatic heterocycles. The summed E-state index contributed by atoms with van der Waals surface area (Å²) in [5.41, 5.74) is 9.83. The Morgan fingerprint density at radius 2 is 2.09 bits per heavy atom. The summed E-state index contributed by atoms with van der Waals surface area (Å²) in [6, 6.07) is 8.68. The maximum absolute atomic E-state index is 6.08. The predicted octanol–water partition coefficient (Wildman–Crippen LogP) is 2.80. The second-order valence-electron chi connectivity index (χ2n) is 6.75. The lowest BCUT2D eigenvalue weighted by Crippen LogP contribution is -2.49. The molecule has 23 heavy (non-hydrogen) atoms. The first-order valence-corrected chi connectivity index (χ1v) is 8.86. The van der Waals surface area contributed by atoms with Gasteiger partial charge in [0.2, 0.25) is 0 Å². The van der Waals surface area contributed by atoms with Crippen molar-refractivity contribution in [2.24, 2.45) is 5.73 Å². The molecule has 5 heteroatoms. The molecule has 2 heterocycles. The van der Waals surface area contributed by atoms with E-state index in [1.807, 2.05) is 16.8 Å². The highest BCUT2D eigenvalue weighted by molar-refractivity contribution is 6.30. The monoisotopic (exact) mass is 330 g/mol. The standard InChI is InChI=1S/C18H23ClN4/c19-15-4-2-14(3-5-15)18(7-1-8-18)17-16-13(6-10-21-17)12-23(22-16)11-9-20/h2-5,12,17,21H,1,6-11,20H2. The molecule has 1 aliphatic heterocycles. The van der Waals surface area contributed by atoms with E-state index in [1.165, 1.54) is 36.1 Å². The molecule has 4 nitrogen and oxygen atoms in total. The molecule has 0 radical (unpaired) electrons. The third kappa shape index (κ3) is 2.49. The number of rotatable bonds is 4. The van der Waals surface area contributed by atoms with Crippen LogP contribution in [0.1, 0.15) is 42.1 Å². The van der Waals surface area contributed by atoms with Crippen LogP contribution in [-0.2, 0) is 18.4 Å². The molecule has 1 atom stereocenters. The normalized spacial score (nSPS) is 22.4. The molecular weight excluding hydrogens is 308 g/mol. The summed E-state index contributed by atoms with van der Waals surface area (Å²) in [4.78, 5) is 0. The Morgan fingerprint density at radius 1 is 1.30 bits per heavy atom. The highest BCUT2D eigenvalue weighted by Crippen LogP contribution is 2.53. The average molecular weight is 331 g/mol. The number of fused-ring (bicyclic) bond motifs is 1. The lowest BCUT2D eigenvalue weighted by molar-refractivity contribution is 0.161. The molecule has 122 valence electrons. The Hall–Kier alpha value is -1.36. The number of halogens is 1. The number of nitrogens with two attached hydrogens (primary N) is 1. The first-order chi connectivity index (χ1) is 11.2. The van der Waals surface area contributed by atoms with Crippen LogP contribution in [0.5, 0.6) is 0 Å². The molecule has 1 unspecified atom stereocenters. The summed E-state index contributed by atoms with van der Waals surface area (Å²) in [6.07, 6.45) is 6.92. The van der Waals surface area contributed by atoms with Gasteiger partial charge in [-0.3, -0.25) is 4.68 Å². The zero-order chi connectivity index (χ0) is 15.9. The van der Waals surface area contributed by atoms with Crippen molar-refractivity contribution >= 4 is 11.6 Å². The summed E-state index contributed by atoms with van der Waals surface area (Å²) in [6.45, 7) is 2.43. The second kappa shape index (κ2) is 5.93. The van der Waals surface area contributed by atoms with Crippen molar-refractivity contribution < 1.29 is 0 Å². The predicted molar refractivity (Wildman–Crippen MR) is 92.7 cm³/mol. The summed E-state index contributed by atoms with van der Waals surface area (Å²) in [5, 5.41) is 9.41. The molecule has 1 aliphatic carbocycles. The van der Waals surface area contributed by atoms with Crippen LogP contribution in [0.15, 0.2) is 30.5 Å². The van der Waals surface area contributed by atoms with E-state index in [-0.39, 0.29) is 5.41 Å². The fraction of sp³-hybridized carbons (Fsp3) is 0.500. The largest absolute Gasteiger partial charge is 0.329 e. The van der Waals surface area contributed by atoms with Gasteiger partial charge in [0.05, 0.1) is 18.3 Å². The summed E-state index contributed by atoms with van der Waals surface area (Å²) >= 11 is 6.08. The lowest BCUT2D eigenvalue weighted by atomic mass is 9.58. The van der Waals surface area contributed by atoms with Gasteiger partial charge >= 0.3 is 0 Å². The smallest absolute Gasteiger partial charge is 0.0835 e. The van der Waals surface area contributed by atoms with Crippen LogP contribution in [0.4, 0.5) is 0 Å². The first kappa shape index (κ1) is 15.2. The van der Waals surface area contributed by atoms with E-state index in [2.05, 4.69) is 23.6 Å². The van der Waals surface area contributed by atoms with Gasteiger partial charge in [-0.2, -0.15) is 5.10 Å². The van der Waals surface area contributed by atoms with Crippen molar-refractivity contribution in [3.05, 3.63) is 52.3 Å². The van der Waals surface area contributed by atoms with Crippen LogP contribution in [-0.4, -0.2) is 22.9 Å². The van der Waals surface area contributed by atoms with Crippen molar-refractivity contribution in [2.75, 3.05) is 13.1 Å². The summed E-state index contributed by atoms with van der Waals surface area (Å²) < 4.78 is 2.01. The molecule has 0 amide bonds. The maximum atomic E-state index is 6.08. The van der Waals surface area contributed by atoms with Gasteiger partial charge in [-0.15, -0.1) is 0 Å². The molecule has 1 aromatic carbocycles. The van der Waals surface area contributed by atoms with E-state index in [9.17, 15) is 0 Å². The first-order valence-electron chi connectivity index (χ1n) is 8.49. The maximum Gasteiger partial charge on any atom is 0.0835 e. The average Bonchev–Trinajstić information content (AvgIpc) is 2.92. The molecule has 0 bridgehead atoms. The summed E-state index contributed by atoms with van der Waals surface area (Å²) in [7, 11) is 0. The van der Waals surface area contributed by atoms with Gasteiger partial charge in [0.15, 0.2) is 0 Å². The summed E-state index contributed by atoms with van der Waals surface area (Å²) in [5.74, 6) is 0. The molecule has 1 fully saturated rings. The Morgan fingerprint density at radius 3 is 2.74 bits per heavy atom. The van der Waals surface area contributed by atoms with E-state index in [0.717, 1.165) is 24.5 Å². The van der Waals surface area contributed by atoms with E-state index in [1.54, 1.807) is 0 Å². The fourth-order valence-corrected chi connectivity index (χ4v) is 4.27. The minimum atomic E-state index is 0.154. The quantitative estimate of drug-likeness (QED) is 0.906. The zero-order valence-corrected chi connectivity index (χ0v) is 14.0. The van der Waals surface area contributed by atoms with Crippen molar-refractivity contribution in [3.63, 3.8) is 0 Å². The number of aromatic nitrogens is 2. The fourth-order valence-electron chi connectivity index (χ4n) is 4.15. The number of hydrogen-bond acceptors (Lipinski definition) is 3. The van der Waals surface area contributed by atoms with Crippen LogP contribution in [0.3, 0.4) is 0 Å². The molecule has 0 saturated heterocycles. The van der Waals surface area contributed by atoms with Crippen LogP contribution in [0, 0.1) is 0 Å². The van der Waals surface area contributed by atoms with Crippen LogP contribution >= 0.6 is 11.6 Å². The van der Waals surface area contributed by atoms with Gasteiger partial charge in [-0.25, -0.2) is 0 Å². The molecule has 2 aromatic rings. The van der Waals surface area contributed by atoms with Gasteiger partial charge in [0.1, 0.15) is 0 Å². The van der Waals surface area contributed by atoms with Crippen molar-refractivity contribution in [1.82, 2.24) is 15.1 Å². The van der Waals surface area contributed by atoms with Gasteiger partial charge in [0, 0.05) is 23.2 Å². The van der Waals surface area contributed by atoms with Gasteiger partial charge in [-0.1, -0.05) is 30.2 Å². The van der Waals surface area contributed by atoms with E-state index in [4.69, 9.17) is 22.4 Å². The Labute approximate surface area is 142 Å². The number of nitrogens with one attached hydrogen (secondary N) is 1. The molecule has 3 N–H and O–H groups in total. The number of nitrogens with zero attached hydrogens (tertiary/aromatic N) is 2. The Balaban J connectivity index is 1.73. The van der Waals surface area contributed by atoms with E-state index >= 15 is 0 Å². The second-order valence-corrected chi connectivity index (χ2v) is 7.18. The van der Waals surface area contributed by atoms with Gasteiger partial charge < -0.3 is 11.1 Å². The molecule has 2 aliphatic rings. The zero-order valence-electron chi connectivity index (χ0n) is 13.3.